The highest BCUT2D eigenvalue weighted by molar-refractivity contribution is 7.99. The van der Waals surface area contributed by atoms with Crippen LogP contribution in [0, 0.1) is 0 Å². The van der Waals surface area contributed by atoms with E-state index >= 15 is 0 Å². The molecule has 6 heteroatoms. The fourth-order valence-electron chi connectivity index (χ4n) is 3.06. The smallest absolute Gasteiger partial charge is 0.151 e. The van der Waals surface area contributed by atoms with Crippen molar-refractivity contribution in [1.82, 2.24) is 20.3 Å². The van der Waals surface area contributed by atoms with Crippen LogP contribution >= 0.6 is 11.8 Å². The van der Waals surface area contributed by atoms with E-state index in [1.165, 1.54) is 31.4 Å². The Labute approximate surface area is 135 Å². The summed E-state index contributed by atoms with van der Waals surface area (Å²) < 4.78 is 7.23. The highest BCUT2D eigenvalue weighted by atomic mass is 32.2. The Kier molecular flexibility index (Phi) is 5.20. The van der Waals surface area contributed by atoms with E-state index in [0.29, 0.717) is 6.04 Å². The molecule has 1 fully saturated rings. The monoisotopic (exact) mass is 320 g/mol. The Bertz CT molecular complexity index is 592. The lowest BCUT2D eigenvalue weighted by molar-refractivity contribution is 0.337. The van der Waals surface area contributed by atoms with Crippen molar-refractivity contribution in [3.8, 4) is 11.3 Å². The molecule has 120 valence electrons. The SMILES string of the molecule is CCS[C@@H]1CCCC[C@@H]1NCc1cc(-c2cnn(C)c2)no1. The van der Waals surface area contributed by atoms with Crippen LogP contribution in [0.2, 0.25) is 0 Å². The summed E-state index contributed by atoms with van der Waals surface area (Å²) in [6.07, 6.45) is 9.04. The molecule has 0 spiro atoms. The Morgan fingerprint density at radius 3 is 3.05 bits per heavy atom. The van der Waals surface area contributed by atoms with Crippen LogP contribution in [0.25, 0.3) is 11.3 Å². The van der Waals surface area contributed by atoms with E-state index in [1.807, 2.05) is 25.5 Å². The third-order valence-corrected chi connectivity index (χ3v) is 5.51. The van der Waals surface area contributed by atoms with Gasteiger partial charge in [-0.25, -0.2) is 0 Å². The van der Waals surface area contributed by atoms with Gasteiger partial charge in [-0.15, -0.1) is 0 Å². The van der Waals surface area contributed by atoms with Crippen LogP contribution < -0.4 is 5.32 Å². The molecule has 0 unspecified atom stereocenters. The normalized spacial score (nSPS) is 22.1. The zero-order chi connectivity index (χ0) is 15.4. The van der Waals surface area contributed by atoms with Crippen LogP contribution in [-0.4, -0.2) is 32.0 Å². The van der Waals surface area contributed by atoms with Gasteiger partial charge in [0.1, 0.15) is 5.69 Å². The Morgan fingerprint density at radius 1 is 1.41 bits per heavy atom. The molecule has 0 saturated heterocycles. The number of aryl methyl sites for hydroxylation is 1. The summed E-state index contributed by atoms with van der Waals surface area (Å²) in [6.45, 7) is 2.99. The largest absolute Gasteiger partial charge is 0.359 e. The fraction of sp³-hybridized carbons (Fsp3) is 0.625. The Balaban J connectivity index is 1.58. The molecular formula is C16H24N4OS. The highest BCUT2D eigenvalue weighted by Gasteiger charge is 2.24. The number of aromatic nitrogens is 3. The van der Waals surface area contributed by atoms with Gasteiger partial charge in [0.05, 0.1) is 12.7 Å². The quantitative estimate of drug-likeness (QED) is 0.885. The fourth-order valence-corrected chi connectivity index (χ4v) is 4.29. The summed E-state index contributed by atoms with van der Waals surface area (Å²) >= 11 is 2.08. The minimum atomic E-state index is 0.589. The second-order valence-corrected chi connectivity index (χ2v) is 7.36. The third-order valence-electron chi connectivity index (χ3n) is 4.18. The maximum absolute atomic E-state index is 5.46. The van der Waals surface area contributed by atoms with Gasteiger partial charge >= 0.3 is 0 Å². The molecule has 0 bridgehead atoms. The number of hydrogen-bond acceptors (Lipinski definition) is 5. The first-order valence-corrected chi connectivity index (χ1v) is 9.10. The number of rotatable bonds is 6. The maximum atomic E-state index is 5.46. The highest BCUT2D eigenvalue weighted by Crippen LogP contribution is 2.29. The van der Waals surface area contributed by atoms with Gasteiger partial charge < -0.3 is 9.84 Å². The molecule has 22 heavy (non-hydrogen) atoms. The molecule has 2 heterocycles. The lowest BCUT2D eigenvalue weighted by Crippen LogP contribution is -2.40. The molecule has 3 rings (SSSR count). The molecule has 0 amide bonds. The molecule has 0 aromatic carbocycles. The van der Waals surface area contributed by atoms with E-state index in [0.717, 1.165) is 28.8 Å². The first kappa shape index (κ1) is 15.6. The molecular weight excluding hydrogens is 296 g/mol. The summed E-state index contributed by atoms with van der Waals surface area (Å²) in [5.74, 6) is 2.08. The average Bonchev–Trinajstić information content (AvgIpc) is 3.15. The molecule has 5 nitrogen and oxygen atoms in total. The zero-order valence-electron chi connectivity index (χ0n) is 13.3. The van der Waals surface area contributed by atoms with Crippen LogP contribution in [0.3, 0.4) is 0 Å². The molecule has 1 aliphatic carbocycles. The van der Waals surface area contributed by atoms with Crippen molar-refractivity contribution in [3.63, 3.8) is 0 Å². The van der Waals surface area contributed by atoms with E-state index in [-0.39, 0.29) is 0 Å². The van der Waals surface area contributed by atoms with E-state index in [9.17, 15) is 0 Å². The van der Waals surface area contributed by atoms with Crippen molar-refractivity contribution in [2.75, 3.05) is 5.75 Å². The summed E-state index contributed by atoms with van der Waals surface area (Å²) in [5, 5.41) is 12.7. The van der Waals surface area contributed by atoms with Gasteiger partial charge in [0, 0.05) is 36.2 Å². The topological polar surface area (TPSA) is 55.9 Å². The van der Waals surface area contributed by atoms with Gasteiger partial charge in [0.15, 0.2) is 5.76 Å². The minimum absolute atomic E-state index is 0.589. The van der Waals surface area contributed by atoms with Gasteiger partial charge in [-0.2, -0.15) is 16.9 Å². The van der Waals surface area contributed by atoms with Crippen LogP contribution in [0.4, 0.5) is 0 Å². The summed E-state index contributed by atoms with van der Waals surface area (Å²) in [4.78, 5) is 0. The van der Waals surface area contributed by atoms with Crippen LogP contribution in [0.5, 0.6) is 0 Å². The van der Waals surface area contributed by atoms with E-state index in [4.69, 9.17) is 4.52 Å². The van der Waals surface area contributed by atoms with Crippen molar-refractivity contribution < 1.29 is 4.52 Å². The molecule has 1 saturated carbocycles. The molecule has 1 aliphatic rings. The van der Waals surface area contributed by atoms with Gasteiger partial charge in [-0.05, 0) is 18.6 Å². The molecule has 2 atom stereocenters. The number of nitrogens with one attached hydrogen (secondary N) is 1. The van der Waals surface area contributed by atoms with Crippen LogP contribution in [0.1, 0.15) is 38.4 Å². The summed E-state index contributed by atoms with van der Waals surface area (Å²) in [5.41, 5.74) is 1.85. The van der Waals surface area contributed by atoms with E-state index in [1.54, 1.807) is 4.68 Å². The first-order chi connectivity index (χ1) is 10.8. The van der Waals surface area contributed by atoms with Crippen LogP contribution in [0.15, 0.2) is 23.0 Å². The lowest BCUT2D eigenvalue weighted by atomic mass is 9.95. The van der Waals surface area contributed by atoms with Crippen molar-refractivity contribution in [2.45, 2.75) is 50.4 Å². The maximum Gasteiger partial charge on any atom is 0.151 e. The summed E-state index contributed by atoms with van der Waals surface area (Å²) in [7, 11) is 1.90. The number of thioether (sulfide) groups is 1. The minimum Gasteiger partial charge on any atom is -0.359 e. The lowest BCUT2D eigenvalue weighted by Gasteiger charge is -2.31. The van der Waals surface area contributed by atoms with E-state index < -0.39 is 0 Å². The Morgan fingerprint density at radius 2 is 2.27 bits per heavy atom. The third kappa shape index (κ3) is 3.73. The molecule has 2 aromatic heterocycles. The Hall–Kier alpha value is -1.27. The van der Waals surface area contributed by atoms with Crippen molar-refractivity contribution >= 4 is 11.8 Å². The van der Waals surface area contributed by atoms with Crippen molar-refractivity contribution in [2.24, 2.45) is 7.05 Å². The second-order valence-electron chi connectivity index (χ2n) is 5.85. The van der Waals surface area contributed by atoms with Gasteiger partial charge in [-0.1, -0.05) is 24.9 Å². The van der Waals surface area contributed by atoms with Crippen LogP contribution in [-0.2, 0) is 13.6 Å². The zero-order valence-corrected chi connectivity index (χ0v) is 14.1. The van der Waals surface area contributed by atoms with E-state index in [2.05, 4.69) is 34.3 Å². The predicted molar refractivity (Wildman–Crippen MR) is 89.7 cm³/mol. The summed E-state index contributed by atoms with van der Waals surface area (Å²) in [6, 6.07) is 2.60. The number of hydrogen-bond donors (Lipinski definition) is 1. The predicted octanol–water partition coefficient (Wildman–Crippen LogP) is 3.23. The second kappa shape index (κ2) is 7.33. The first-order valence-electron chi connectivity index (χ1n) is 8.06. The standard InChI is InChI=1S/C16H24N4OS/c1-3-22-16-7-5-4-6-14(16)17-10-13-8-15(19-21-13)12-9-18-20(2)11-12/h8-9,11,14,16-17H,3-7,10H2,1-2H3/t14-,16+/m0/s1. The van der Waals surface area contributed by atoms with Crippen molar-refractivity contribution in [1.29, 1.82) is 0 Å². The molecule has 0 aliphatic heterocycles. The van der Waals surface area contributed by atoms with Gasteiger partial charge in [0.25, 0.3) is 0 Å². The molecule has 1 N–H and O–H groups in total. The molecule has 2 aromatic rings. The average molecular weight is 320 g/mol. The molecule has 0 radical (unpaired) electrons. The van der Waals surface area contributed by atoms with Gasteiger partial charge in [-0.3, -0.25) is 4.68 Å². The van der Waals surface area contributed by atoms with Crippen molar-refractivity contribution in [3.05, 3.63) is 24.2 Å². The van der Waals surface area contributed by atoms with Gasteiger partial charge in [0.2, 0.25) is 0 Å². The number of nitrogens with zero attached hydrogens (tertiary/aromatic N) is 3.